The molecule has 0 bridgehead atoms. The van der Waals surface area contributed by atoms with Gasteiger partial charge >= 0.3 is 0 Å². The topological polar surface area (TPSA) is 99.9 Å². The molecule has 3 rings (SSSR count). The van der Waals surface area contributed by atoms with Gasteiger partial charge in [-0.3, -0.25) is 0 Å². The van der Waals surface area contributed by atoms with Crippen LogP contribution in [0.15, 0.2) is 40.8 Å². The van der Waals surface area contributed by atoms with Crippen LogP contribution in [-0.4, -0.2) is 25.7 Å². The van der Waals surface area contributed by atoms with Gasteiger partial charge in [-0.05, 0) is 29.8 Å². The van der Waals surface area contributed by atoms with Crippen LogP contribution < -0.4 is 5.32 Å². The number of anilines is 1. The number of tetrazole rings is 1. The summed E-state index contributed by atoms with van der Waals surface area (Å²) in [4.78, 5) is 0. The van der Waals surface area contributed by atoms with Gasteiger partial charge in [0, 0.05) is 5.56 Å². The van der Waals surface area contributed by atoms with Crippen molar-refractivity contribution in [2.75, 3.05) is 5.32 Å². The Balaban J connectivity index is 1.69. The van der Waals surface area contributed by atoms with Gasteiger partial charge in [-0.25, -0.2) is 0 Å². The molecule has 2 heterocycles. The second-order valence-corrected chi connectivity index (χ2v) is 4.65. The molecule has 3 N–H and O–H groups in total. The molecule has 0 saturated heterocycles. The number of furan rings is 1. The molecule has 0 amide bonds. The number of aromatic amines is 1. The Morgan fingerprint density at radius 3 is 2.71 bits per heavy atom. The van der Waals surface area contributed by atoms with Crippen LogP contribution in [-0.2, 0) is 6.54 Å². The Kier molecular flexibility index (Phi) is 3.65. The summed E-state index contributed by atoms with van der Waals surface area (Å²) in [6.07, 6.45) is -0.467. The fourth-order valence-corrected chi connectivity index (χ4v) is 1.96. The van der Waals surface area contributed by atoms with Crippen molar-refractivity contribution >= 4 is 5.95 Å². The predicted molar refractivity (Wildman–Crippen MR) is 76.3 cm³/mol. The summed E-state index contributed by atoms with van der Waals surface area (Å²) >= 11 is 0. The zero-order valence-electron chi connectivity index (χ0n) is 11.4. The maximum absolute atomic E-state index is 9.50. The van der Waals surface area contributed by atoms with Gasteiger partial charge in [-0.1, -0.05) is 29.4 Å². The molecule has 0 aliphatic carbocycles. The lowest BCUT2D eigenvalue weighted by Crippen LogP contribution is -1.99. The van der Waals surface area contributed by atoms with Crippen LogP contribution in [0, 0.1) is 0 Å². The Hall–Kier alpha value is -2.67. The van der Waals surface area contributed by atoms with E-state index < -0.39 is 6.10 Å². The van der Waals surface area contributed by atoms with Crippen molar-refractivity contribution in [1.82, 2.24) is 20.6 Å². The third-order valence-corrected chi connectivity index (χ3v) is 3.11. The van der Waals surface area contributed by atoms with Gasteiger partial charge in [0.2, 0.25) is 0 Å². The van der Waals surface area contributed by atoms with E-state index in [0.717, 1.165) is 22.6 Å². The molecule has 0 aliphatic heterocycles. The van der Waals surface area contributed by atoms with Gasteiger partial charge in [-0.2, -0.15) is 5.21 Å². The van der Waals surface area contributed by atoms with E-state index in [9.17, 15) is 5.11 Å². The fourth-order valence-electron chi connectivity index (χ4n) is 1.96. The molecule has 108 valence electrons. The normalized spacial score (nSPS) is 12.3. The average Bonchev–Trinajstić information content (AvgIpc) is 3.17. The van der Waals surface area contributed by atoms with Gasteiger partial charge in [0.1, 0.15) is 11.5 Å². The molecule has 0 unspecified atom stereocenters. The van der Waals surface area contributed by atoms with Crippen molar-refractivity contribution in [3.05, 3.63) is 47.7 Å². The van der Waals surface area contributed by atoms with Crippen molar-refractivity contribution in [3.63, 3.8) is 0 Å². The average molecular weight is 285 g/mol. The van der Waals surface area contributed by atoms with Gasteiger partial charge in [0.05, 0.1) is 12.6 Å². The fraction of sp³-hybridized carbons (Fsp3) is 0.214. The summed E-state index contributed by atoms with van der Waals surface area (Å²) in [5, 5.41) is 25.9. The maximum Gasteiger partial charge on any atom is 0.263 e. The summed E-state index contributed by atoms with van der Waals surface area (Å²) in [6, 6.07) is 11.4. The quantitative estimate of drug-likeness (QED) is 0.664. The standard InChI is InChI=1S/C14H15N5O2/c1-9(20)10-2-4-11(5-3-10)13-7-6-12(21-13)8-15-14-16-18-19-17-14/h2-7,9,20H,8H2,1H3,(H2,15,16,17,18,19)/t9-/m0/s1. The minimum Gasteiger partial charge on any atom is -0.459 e. The van der Waals surface area contributed by atoms with Gasteiger partial charge in [-0.15, -0.1) is 5.10 Å². The van der Waals surface area contributed by atoms with E-state index >= 15 is 0 Å². The van der Waals surface area contributed by atoms with Crippen LogP contribution in [0.4, 0.5) is 5.95 Å². The lowest BCUT2D eigenvalue weighted by molar-refractivity contribution is 0.199. The molecule has 0 fully saturated rings. The summed E-state index contributed by atoms with van der Waals surface area (Å²) in [5.74, 6) is 1.97. The zero-order chi connectivity index (χ0) is 14.7. The molecule has 7 nitrogen and oxygen atoms in total. The van der Waals surface area contributed by atoms with Crippen LogP contribution >= 0.6 is 0 Å². The van der Waals surface area contributed by atoms with E-state index in [-0.39, 0.29) is 0 Å². The Morgan fingerprint density at radius 2 is 2.05 bits per heavy atom. The van der Waals surface area contributed by atoms with Crippen molar-refractivity contribution in [2.45, 2.75) is 19.6 Å². The van der Waals surface area contributed by atoms with E-state index in [2.05, 4.69) is 25.9 Å². The summed E-state index contributed by atoms with van der Waals surface area (Å²) in [6.45, 7) is 2.22. The first-order chi connectivity index (χ1) is 10.2. The number of aromatic nitrogens is 4. The Labute approximate surface area is 121 Å². The molecule has 21 heavy (non-hydrogen) atoms. The number of hydrogen-bond donors (Lipinski definition) is 3. The summed E-state index contributed by atoms with van der Waals surface area (Å²) in [7, 11) is 0. The third-order valence-electron chi connectivity index (χ3n) is 3.11. The molecule has 0 spiro atoms. The number of aliphatic hydroxyl groups is 1. The first kappa shape index (κ1) is 13.3. The smallest absolute Gasteiger partial charge is 0.263 e. The monoisotopic (exact) mass is 285 g/mol. The van der Waals surface area contributed by atoms with E-state index in [1.807, 2.05) is 36.4 Å². The number of rotatable bonds is 5. The minimum absolute atomic E-state index is 0.425. The highest BCUT2D eigenvalue weighted by Gasteiger charge is 2.07. The minimum atomic E-state index is -0.467. The molecule has 3 aromatic rings. The van der Waals surface area contributed by atoms with Crippen molar-refractivity contribution in [3.8, 4) is 11.3 Å². The van der Waals surface area contributed by atoms with Crippen molar-refractivity contribution in [2.24, 2.45) is 0 Å². The Morgan fingerprint density at radius 1 is 1.24 bits per heavy atom. The van der Waals surface area contributed by atoms with E-state index in [1.54, 1.807) is 6.92 Å². The van der Waals surface area contributed by atoms with Crippen LogP contribution in [0.5, 0.6) is 0 Å². The van der Waals surface area contributed by atoms with E-state index in [1.165, 1.54) is 0 Å². The van der Waals surface area contributed by atoms with Gasteiger partial charge in [0.15, 0.2) is 0 Å². The highest BCUT2D eigenvalue weighted by molar-refractivity contribution is 5.58. The second-order valence-electron chi connectivity index (χ2n) is 4.65. The van der Waals surface area contributed by atoms with Crippen molar-refractivity contribution < 1.29 is 9.52 Å². The van der Waals surface area contributed by atoms with E-state index in [4.69, 9.17) is 4.42 Å². The van der Waals surface area contributed by atoms with Crippen LogP contribution in [0.1, 0.15) is 24.4 Å². The largest absolute Gasteiger partial charge is 0.459 e. The zero-order valence-corrected chi connectivity index (χ0v) is 11.4. The first-order valence-electron chi connectivity index (χ1n) is 6.57. The Bertz CT molecular complexity index is 688. The highest BCUT2D eigenvalue weighted by atomic mass is 16.3. The maximum atomic E-state index is 9.50. The SMILES string of the molecule is C[C@H](O)c1ccc(-c2ccc(CNc3nn[nH]n3)o2)cc1. The molecule has 2 aromatic heterocycles. The molecule has 7 heteroatoms. The van der Waals surface area contributed by atoms with Crippen molar-refractivity contribution in [1.29, 1.82) is 0 Å². The molecule has 0 saturated carbocycles. The first-order valence-corrected chi connectivity index (χ1v) is 6.57. The molecule has 0 aliphatic rings. The number of nitrogens with one attached hydrogen (secondary N) is 2. The highest BCUT2D eigenvalue weighted by Crippen LogP contribution is 2.24. The lowest BCUT2D eigenvalue weighted by atomic mass is 10.1. The summed E-state index contributed by atoms with van der Waals surface area (Å²) in [5.41, 5.74) is 1.84. The molecular weight excluding hydrogens is 270 g/mol. The second kappa shape index (κ2) is 5.76. The van der Waals surface area contributed by atoms with Gasteiger partial charge < -0.3 is 14.8 Å². The third kappa shape index (κ3) is 3.09. The van der Waals surface area contributed by atoms with Crippen LogP contribution in [0.3, 0.4) is 0 Å². The number of aliphatic hydroxyl groups excluding tert-OH is 1. The predicted octanol–water partition coefficient (Wildman–Crippen LogP) is 2.13. The molecule has 1 aromatic carbocycles. The number of H-pyrrole nitrogens is 1. The van der Waals surface area contributed by atoms with Crippen LogP contribution in [0.25, 0.3) is 11.3 Å². The van der Waals surface area contributed by atoms with Gasteiger partial charge in [0.25, 0.3) is 5.95 Å². The molecule has 0 radical (unpaired) electrons. The summed E-state index contributed by atoms with van der Waals surface area (Å²) < 4.78 is 5.76. The number of hydrogen-bond acceptors (Lipinski definition) is 6. The lowest BCUT2D eigenvalue weighted by Gasteiger charge is -2.04. The van der Waals surface area contributed by atoms with E-state index in [0.29, 0.717) is 12.5 Å². The number of benzene rings is 1. The number of nitrogens with zero attached hydrogens (tertiary/aromatic N) is 3. The molecule has 1 atom stereocenters. The van der Waals surface area contributed by atoms with Crippen LogP contribution in [0.2, 0.25) is 0 Å². The molecular formula is C14H15N5O2.